The number of rotatable bonds is 4. The quantitative estimate of drug-likeness (QED) is 0.822. The van der Waals surface area contributed by atoms with Crippen molar-refractivity contribution in [1.82, 2.24) is 15.0 Å². The summed E-state index contributed by atoms with van der Waals surface area (Å²) in [6.07, 6.45) is 0. The Labute approximate surface area is 94.3 Å². The van der Waals surface area contributed by atoms with Crippen LogP contribution in [0.5, 0.6) is 0 Å². The Hall–Kier alpha value is -1.43. The van der Waals surface area contributed by atoms with E-state index in [1.165, 1.54) is 0 Å². The lowest BCUT2D eigenvalue weighted by Crippen LogP contribution is -2.25. The molecule has 1 heterocycles. The number of likely N-dealkylation sites (N-methyl/N-ethyl adjacent to an activating group) is 1. The van der Waals surface area contributed by atoms with Crippen molar-refractivity contribution in [2.24, 2.45) is 0 Å². The molecule has 0 bridgehead atoms. The second-order valence-electron chi connectivity index (χ2n) is 4.83. The Morgan fingerprint density at radius 3 is 2.56 bits per heavy atom. The van der Waals surface area contributed by atoms with Gasteiger partial charge < -0.3 is 9.63 Å². The summed E-state index contributed by atoms with van der Waals surface area (Å²) < 4.78 is 5.05. The maximum absolute atomic E-state index is 10.5. The molecule has 0 spiro atoms. The second kappa shape index (κ2) is 4.61. The fourth-order valence-corrected chi connectivity index (χ4v) is 1.14. The zero-order valence-electron chi connectivity index (χ0n) is 10.0. The maximum Gasteiger partial charge on any atom is 0.317 e. The van der Waals surface area contributed by atoms with Crippen molar-refractivity contribution in [2.45, 2.75) is 32.7 Å². The van der Waals surface area contributed by atoms with Crippen LogP contribution < -0.4 is 0 Å². The third kappa shape index (κ3) is 3.62. The molecule has 0 radical (unpaired) electrons. The molecule has 0 fully saturated rings. The summed E-state index contributed by atoms with van der Waals surface area (Å²) in [5, 5.41) is 12.4. The largest absolute Gasteiger partial charge is 0.480 e. The van der Waals surface area contributed by atoms with Crippen LogP contribution in [0.4, 0.5) is 0 Å². The number of hydrogen-bond acceptors (Lipinski definition) is 5. The van der Waals surface area contributed by atoms with Crippen molar-refractivity contribution in [2.75, 3.05) is 13.6 Å². The van der Waals surface area contributed by atoms with Gasteiger partial charge in [0.15, 0.2) is 5.82 Å². The maximum atomic E-state index is 10.5. The number of aromatic nitrogens is 2. The van der Waals surface area contributed by atoms with Crippen molar-refractivity contribution >= 4 is 5.97 Å². The van der Waals surface area contributed by atoms with Crippen molar-refractivity contribution in [3.05, 3.63) is 11.7 Å². The Balaban J connectivity index is 2.62. The Morgan fingerprint density at radius 1 is 1.50 bits per heavy atom. The molecule has 1 aromatic heterocycles. The van der Waals surface area contributed by atoms with Crippen LogP contribution in [-0.2, 0) is 16.8 Å². The van der Waals surface area contributed by atoms with E-state index in [9.17, 15) is 4.79 Å². The van der Waals surface area contributed by atoms with Crippen LogP contribution in [0.25, 0.3) is 0 Å². The summed E-state index contributed by atoms with van der Waals surface area (Å²) in [4.78, 5) is 16.3. The highest BCUT2D eigenvalue weighted by atomic mass is 16.5. The van der Waals surface area contributed by atoms with Crippen molar-refractivity contribution < 1.29 is 14.4 Å². The van der Waals surface area contributed by atoms with E-state index in [0.29, 0.717) is 18.3 Å². The minimum atomic E-state index is -0.877. The molecule has 0 unspecified atom stereocenters. The summed E-state index contributed by atoms with van der Waals surface area (Å²) in [5.74, 6) is 0.193. The lowest BCUT2D eigenvalue weighted by molar-refractivity contribution is -0.138. The molecule has 6 nitrogen and oxygen atoms in total. The average Bonchev–Trinajstić information content (AvgIpc) is 2.49. The number of carboxylic acids is 1. The molecule has 6 heteroatoms. The zero-order chi connectivity index (χ0) is 12.3. The Bertz CT molecular complexity index is 368. The highest BCUT2D eigenvalue weighted by molar-refractivity contribution is 5.68. The van der Waals surface area contributed by atoms with Gasteiger partial charge in [0.05, 0.1) is 13.1 Å². The molecule has 0 amide bonds. The van der Waals surface area contributed by atoms with Crippen LogP contribution in [0.1, 0.15) is 32.5 Å². The number of nitrogens with zero attached hydrogens (tertiary/aromatic N) is 3. The van der Waals surface area contributed by atoms with E-state index < -0.39 is 5.97 Å². The van der Waals surface area contributed by atoms with Gasteiger partial charge in [0.2, 0.25) is 5.89 Å². The molecular formula is C10H17N3O3. The molecule has 90 valence electrons. The molecule has 1 rings (SSSR count). The average molecular weight is 227 g/mol. The second-order valence-corrected chi connectivity index (χ2v) is 4.83. The molecule has 0 saturated heterocycles. The standard InChI is InChI=1S/C10H17N3O3/c1-10(2,3)9-11-7(16-12-9)5-13(4)6-8(14)15/h5-6H2,1-4H3,(H,14,15). The van der Waals surface area contributed by atoms with E-state index in [-0.39, 0.29) is 12.0 Å². The van der Waals surface area contributed by atoms with Gasteiger partial charge in [-0.3, -0.25) is 9.69 Å². The van der Waals surface area contributed by atoms with Crippen molar-refractivity contribution in [3.63, 3.8) is 0 Å². The molecule has 0 saturated carbocycles. The van der Waals surface area contributed by atoms with Crippen LogP contribution in [0, 0.1) is 0 Å². The fraction of sp³-hybridized carbons (Fsp3) is 0.700. The predicted molar refractivity (Wildman–Crippen MR) is 57.0 cm³/mol. The van der Waals surface area contributed by atoms with Gasteiger partial charge in [-0.05, 0) is 7.05 Å². The first-order chi connectivity index (χ1) is 7.29. The molecule has 0 aliphatic carbocycles. The van der Waals surface area contributed by atoms with Crippen LogP contribution in [0.3, 0.4) is 0 Å². The highest BCUT2D eigenvalue weighted by Gasteiger charge is 2.21. The van der Waals surface area contributed by atoms with E-state index in [2.05, 4.69) is 10.1 Å². The molecule has 16 heavy (non-hydrogen) atoms. The van der Waals surface area contributed by atoms with Gasteiger partial charge in [0.1, 0.15) is 0 Å². The number of carboxylic acid groups (broad SMARTS) is 1. The zero-order valence-corrected chi connectivity index (χ0v) is 10.0. The normalized spacial score (nSPS) is 12.1. The van der Waals surface area contributed by atoms with Gasteiger partial charge in [-0.1, -0.05) is 25.9 Å². The van der Waals surface area contributed by atoms with Crippen LogP contribution >= 0.6 is 0 Å². The van der Waals surface area contributed by atoms with Gasteiger partial charge in [0.25, 0.3) is 0 Å². The van der Waals surface area contributed by atoms with Crippen LogP contribution in [0.2, 0.25) is 0 Å². The first kappa shape index (κ1) is 12.6. The van der Waals surface area contributed by atoms with Crippen molar-refractivity contribution in [1.29, 1.82) is 0 Å². The number of hydrogen-bond donors (Lipinski definition) is 1. The molecule has 0 atom stereocenters. The number of carbonyl (C=O) groups is 1. The third-order valence-corrected chi connectivity index (χ3v) is 1.95. The minimum absolute atomic E-state index is 0.0484. The summed E-state index contributed by atoms with van der Waals surface area (Å²) in [5.41, 5.74) is -0.160. The third-order valence-electron chi connectivity index (χ3n) is 1.95. The lowest BCUT2D eigenvalue weighted by Gasteiger charge is -2.11. The predicted octanol–water partition coefficient (Wildman–Crippen LogP) is 0.883. The van der Waals surface area contributed by atoms with Crippen molar-refractivity contribution in [3.8, 4) is 0 Å². The van der Waals surface area contributed by atoms with Gasteiger partial charge in [-0.2, -0.15) is 4.98 Å². The van der Waals surface area contributed by atoms with Crippen LogP contribution in [0.15, 0.2) is 4.52 Å². The molecule has 0 aliphatic rings. The smallest absolute Gasteiger partial charge is 0.317 e. The first-order valence-electron chi connectivity index (χ1n) is 5.02. The molecule has 1 aromatic rings. The molecular weight excluding hydrogens is 210 g/mol. The Kier molecular flexibility index (Phi) is 3.64. The van der Waals surface area contributed by atoms with E-state index in [1.54, 1.807) is 11.9 Å². The lowest BCUT2D eigenvalue weighted by atomic mass is 9.96. The highest BCUT2D eigenvalue weighted by Crippen LogP contribution is 2.18. The molecule has 1 N–H and O–H groups in total. The number of aliphatic carboxylic acids is 1. The van der Waals surface area contributed by atoms with Gasteiger partial charge >= 0.3 is 5.97 Å². The first-order valence-corrected chi connectivity index (χ1v) is 5.02. The summed E-state index contributed by atoms with van der Waals surface area (Å²) in [7, 11) is 1.69. The minimum Gasteiger partial charge on any atom is -0.480 e. The van der Waals surface area contributed by atoms with Crippen LogP contribution in [-0.4, -0.2) is 39.7 Å². The van der Waals surface area contributed by atoms with E-state index in [0.717, 1.165) is 0 Å². The monoisotopic (exact) mass is 227 g/mol. The fourth-order valence-electron chi connectivity index (χ4n) is 1.14. The summed E-state index contributed by atoms with van der Waals surface area (Å²) in [6, 6.07) is 0. The molecule has 0 aromatic carbocycles. The van der Waals surface area contributed by atoms with Gasteiger partial charge in [0, 0.05) is 5.41 Å². The Morgan fingerprint density at radius 2 is 2.12 bits per heavy atom. The van der Waals surface area contributed by atoms with E-state index in [1.807, 2.05) is 20.8 Å². The summed E-state index contributed by atoms with van der Waals surface area (Å²) in [6.45, 7) is 6.26. The SMILES string of the molecule is CN(CC(=O)O)Cc1nc(C(C)(C)C)no1. The van der Waals surface area contributed by atoms with Gasteiger partial charge in [-0.25, -0.2) is 0 Å². The van der Waals surface area contributed by atoms with Gasteiger partial charge in [-0.15, -0.1) is 0 Å². The molecule has 0 aliphatic heterocycles. The van der Waals surface area contributed by atoms with E-state index in [4.69, 9.17) is 9.63 Å². The van der Waals surface area contributed by atoms with E-state index >= 15 is 0 Å². The topological polar surface area (TPSA) is 79.5 Å². The summed E-state index contributed by atoms with van der Waals surface area (Å²) >= 11 is 0.